The highest BCUT2D eigenvalue weighted by Gasteiger charge is 2.33. The van der Waals surface area contributed by atoms with Gasteiger partial charge in [-0.15, -0.1) is 0 Å². The number of alkyl halides is 3. The third-order valence-electron chi connectivity index (χ3n) is 4.97. The van der Waals surface area contributed by atoms with Crippen LogP contribution in [0.25, 0.3) is 16.6 Å². The second kappa shape index (κ2) is 9.24. The number of hydrogen-bond acceptors (Lipinski definition) is 4. The second-order valence-electron chi connectivity index (χ2n) is 7.20. The lowest BCUT2D eigenvalue weighted by atomic mass is 10.1. The third-order valence-corrected chi connectivity index (χ3v) is 4.97. The van der Waals surface area contributed by atoms with Crippen molar-refractivity contribution in [2.75, 3.05) is 6.61 Å². The number of benzene rings is 3. The summed E-state index contributed by atoms with van der Waals surface area (Å²) in [6, 6.07) is 19.3. The molecule has 5 nitrogen and oxygen atoms in total. The van der Waals surface area contributed by atoms with Gasteiger partial charge in [-0.3, -0.25) is 0 Å². The average molecular weight is 464 g/mol. The van der Waals surface area contributed by atoms with Crippen molar-refractivity contribution in [3.63, 3.8) is 0 Å². The molecule has 0 N–H and O–H groups in total. The van der Waals surface area contributed by atoms with Gasteiger partial charge >= 0.3 is 6.18 Å². The van der Waals surface area contributed by atoms with Crippen LogP contribution in [0.2, 0.25) is 0 Å². The molecule has 172 valence electrons. The zero-order valence-electron chi connectivity index (χ0n) is 18.1. The summed E-state index contributed by atoms with van der Waals surface area (Å²) in [5.74, 6) is 1.32. The number of aromatic nitrogens is 1. The van der Waals surface area contributed by atoms with Crippen molar-refractivity contribution in [3.8, 4) is 29.0 Å². The molecular formula is C26H19F3N2O3. The van der Waals surface area contributed by atoms with Crippen LogP contribution in [0.15, 0.2) is 85.5 Å². The molecule has 0 saturated carbocycles. The van der Waals surface area contributed by atoms with Gasteiger partial charge in [-0.1, -0.05) is 12.1 Å². The lowest BCUT2D eigenvalue weighted by Gasteiger charge is -2.12. The van der Waals surface area contributed by atoms with E-state index in [1.807, 2.05) is 42.0 Å². The molecule has 0 bridgehead atoms. The highest BCUT2D eigenvalue weighted by Crippen LogP contribution is 2.35. The Morgan fingerprint density at radius 2 is 1.74 bits per heavy atom. The van der Waals surface area contributed by atoms with Gasteiger partial charge in [0.2, 0.25) is 0 Å². The van der Waals surface area contributed by atoms with Gasteiger partial charge < -0.3 is 18.8 Å². The number of hydrogen-bond donors (Lipinski definition) is 0. The molecule has 0 unspecified atom stereocenters. The van der Waals surface area contributed by atoms with E-state index in [1.54, 1.807) is 30.3 Å². The Labute approximate surface area is 193 Å². The van der Waals surface area contributed by atoms with Crippen LogP contribution >= 0.6 is 0 Å². The molecule has 1 aromatic heterocycles. The quantitative estimate of drug-likeness (QED) is 0.272. The maximum absolute atomic E-state index is 13.0. The summed E-state index contributed by atoms with van der Waals surface area (Å²) in [5, 5.41) is 9.95. The summed E-state index contributed by atoms with van der Waals surface area (Å²) in [7, 11) is 0. The Bertz CT molecular complexity index is 1380. The first-order chi connectivity index (χ1) is 16.3. The normalized spacial score (nSPS) is 11.1. The van der Waals surface area contributed by atoms with Crippen LogP contribution in [0.1, 0.15) is 18.1 Å². The summed E-state index contributed by atoms with van der Waals surface area (Å²) >= 11 is 0. The molecule has 0 atom stereocenters. The molecule has 4 rings (SSSR count). The van der Waals surface area contributed by atoms with Gasteiger partial charge in [-0.2, -0.15) is 18.4 Å². The highest BCUT2D eigenvalue weighted by molar-refractivity contribution is 5.88. The molecule has 0 radical (unpaired) electrons. The number of ether oxygens (including phenoxy) is 3. The lowest BCUT2D eigenvalue weighted by Crippen LogP contribution is -2.07. The molecule has 0 spiro atoms. The molecule has 3 aromatic carbocycles. The minimum Gasteiger partial charge on any atom is -0.466 e. The molecule has 0 fully saturated rings. The van der Waals surface area contributed by atoms with Crippen molar-refractivity contribution in [2.45, 2.75) is 13.1 Å². The zero-order chi connectivity index (χ0) is 24.3. The van der Waals surface area contributed by atoms with Crippen LogP contribution in [0.3, 0.4) is 0 Å². The number of para-hydroxylation sites is 1. The highest BCUT2D eigenvalue weighted by atomic mass is 19.4. The van der Waals surface area contributed by atoms with Gasteiger partial charge in [0.05, 0.1) is 35.5 Å². The first kappa shape index (κ1) is 22.8. The predicted molar refractivity (Wildman–Crippen MR) is 121 cm³/mol. The van der Waals surface area contributed by atoms with Crippen molar-refractivity contribution in [1.29, 1.82) is 5.26 Å². The SMILES string of the molecule is C=C(OCC)Oc1cn(-c2ccc(Oc3ccc(C(F)(F)F)c(C#N)c3)cc2)c2ccccc12. The van der Waals surface area contributed by atoms with Gasteiger partial charge in [0.1, 0.15) is 11.5 Å². The molecule has 1 heterocycles. The van der Waals surface area contributed by atoms with Gasteiger partial charge in [0.15, 0.2) is 5.75 Å². The standard InChI is InChI=1S/C26H19F3N2O3/c1-3-32-17(2)33-25-16-31(24-7-5-4-6-22(24)25)19-8-10-20(11-9-19)34-21-12-13-23(26(27,28)29)18(14-21)15-30/h4-14,16H,2-3H2,1H3. The number of nitriles is 1. The monoisotopic (exact) mass is 464 g/mol. The van der Waals surface area contributed by atoms with Crippen LogP contribution in [-0.4, -0.2) is 11.2 Å². The van der Waals surface area contributed by atoms with Crippen LogP contribution in [0.4, 0.5) is 13.2 Å². The smallest absolute Gasteiger partial charge is 0.417 e. The molecule has 0 amide bonds. The van der Waals surface area contributed by atoms with Crippen molar-refractivity contribution < 1.29 is 27.4 Å². The molecule has 0 aliphatic carbocycles. The number of fused-ring (bicyclic) bond motifs is 1. The molecular weight excluding hydrogens is 445 g/mol. The first-order valence-corrected chi connectivity index (χ1v) is 10.3. The topological polar surface area (TPSA) is 56.4 Å². The fourth-order valence-electron chi connectivity index (χ4n) is 3.49. The first-order valence-electron chi connectivity index (χ1n) is 10.3. The molecule has 0 aliphatic rings. The van der Waals surface area contributed by atoms with Crippen LogP contribution < -0.4 is 9.47 Å². The van der Waals surface area contributed by atoms with E-state index in [0.717, 1.165) is 28.7 Å². The van der Waals surface area contributed by atoms with Crippen LogP contribution in [-0.2, 0) is 10.9 Å². The van der Waals surface area contributed by atoms with Gasteiger partial charge in [-0.05, 0) is 68.1 Å². The third kappa shape index (κ3) is 4.69. The minimum atomic E-state index is -4.61. The Hall–Kier alpha value is -4.38. The van der Waals surface area contributed by atoms with Crippen molar-refractivity contribution >= 4 is 10.9 Å². The van der Waals surface area contributed by atoms with E-state index in [9.17, 15) is 13.2 Å². The van der Waals surface area contributed by atoms with Crippen molar-refractivity contribution in [3.05, 3.63) is 96.6 Å². The van der Waals surface area contributed by atoms with E-state index < -0.39 is 17.3 Å². The van der Waals surface area contributed by atoms with E-state index in [2.05, 4.69) is 6.58 Å². The van der Waals surface area contributed by atoms with Crippen molar-refractivity contribution in [1.82, 2.24) is 4.57 Å². The average Bonchev–Trinajstić information content (AvgIpc) is 3.17. The Morgan fingerprint density at radius 3 is 2.41 bits per heavy atom. The van der Waals surface area contributed by atoms with E-state index in [-0.39, 0.29) is 11.7 Å². The molecule has 0 aliphatic heterocycles. The Kier molecular flexibility index (Phi) is 6.19. The van der Waals surface area contributed by atoms with Gasteiger partial charge in [-0.25, -0.2) is 0 Å². The fourth-order valence-corrected chi connectivity index (χ4v) is 3.49. The number of halogens is 3. The minimum absolute atomic E-state index is 0.133. The Morgan fingerprint density at radius 1 is 1.03 bits per heavy atom. The lowest BCUT2D eigenvalue weighted by molar-refractivity contribution is -0.137. The largest absolute Gasteiger partial charge is 0.466 e. The van der Waals surface area contributed by atoms with Gasteiger partial charge in [0.25, 0.3) is 5.95 Å². The summed E-state index contributed by atoms with van der Waals surface area (Å²) in [4.78, 5) is 0. The second-order valence-corrected chi connectivity index (χ2v) is 7.20. The fraction of sp³-hybridized carbons (Fsp3) is 0.115. The van der Waals surface area contributed by atoms with Crippen LogP contribution in [0, 0.1) is 11.3 Å². The zero-order valence-corrected chi connectivity index (χ0v) is 18.1. The maximum Gasteiger partial charge on any atom is 0.417 e. The van der Waals surface area contributed by atoms with Gasteiger partial charge in [0, 0.05) is 11.1 Å². The predicted octanol–water partition coefficient (Wildman–Crippen LogP) is 7.20. The van der Waals surface area contributed by atoms with Crippen molar-refractivity contribution in [2.24, 2.45) is 0 Å². The number of nitrogens with zero attached hydrogens (tertiary/aromatic N) is 2. The Balaban J connectivity index is 1.60. The molecule has 4 aromatic rings. The summed E-state index contributed by atoms with van der Waals surface area (Å²) in [6.45, 7) is 6.04. The molecule has 34 heavy (non-hydrogen) atoms. The van der Waals surface area contributed by atoms with Crippen LogP contribution in [0.5, 0.6) is 17.2 Å². The summed E-state index contributed by atoms with van der Waals surface area (Å²) in [5.41, 5.74) is 0.214. The van der Waals surface area contributed by atoms with E-state index in [1.165, 1.54) is 6.07 Å². The maximum atomic E-state index is 13.0. The number of rotatable bonds is 7. The summed E-state index contributed by atoms with van der Waals surface area (Å²) < 4.78 is 57.7. The van der Waals surface area contributed by atoms with E-state index >= 15 is 0 Å². The summed E-state index contributed by atoms with van der Waals surface area (Å²) in [6.07, 6.45) is -2.79. The molecule has 0 saturated heterocycles. The van der Waals surface area contributed by atoms with E-state index in [0.29, 0.717) is 18.1 Å². The molecule has 8 heteroatoms. The van der Waals surface area contributed by atoms with E-state index in [4.69, 9.17) is 19.5 Å².